The number of hydrogen-bond acceptors (Lipinski definition) is 5. The molecule has 3 heterocycles. The smallest absolute Gasteiger partial charge is 0.214 e. The number of benzene rings is 1. The topological polar surface area (TPSA) is 45.5 Å². The monoisotopic (exact) mass is 325 g/mol. The van der Waals surface area contributed by atoms with Crippen molar-refractivity contribution in [2.24, 2.45) is 11.8 Å². The van der Waals surface area contributed by atoms with Gasteiger partial charge in [-0.1, -0.05) is 41.7 Å². The van der Waals surface area contributed by atoms with Gasteiger partial charge in [0.25, 0.3) is 0 Å². The molecule has 118 valence electrons. The lowest BCUT2D eigenvalue weighted by Gasteiger charge is -2.19. The maximum atomic E-state index is 4.58. The minimum atomic E-state index is 0.596. The molecular formula is C17H19N5S. The molecule has 5 rings (SSSR count). The molecule has 23 heavy (non-hydrogen) atoms. The van der Waals surface area contributed by atoms with Gasteiger partial charge < -0.3 is 5.32 Å². The normalized spacial score (nSPS) is 26.6. The minimum Gasteiger partial charge on any atom is -0.357 e. The molecule has 0 bridgehead atoms. The largest absolute Gasteiger partial charge is 0.357 e. The molecule has 5 nitrogen and oxygen atoms in total. The lowest BCUT2D eigenvalue weighted by atomic mass is 10.2. The summed E-state index contributed by atoms with van der Waals surface area (Å²) in [5.41, 5.74) is 2.44. The molecule has 3 atom stereocenters. The molecule has 2 aromatic heterocycles. The van der Waals surface area contributed by atoms with E-state index in [1.165, 1.54) is 18.7 Å². The number of aryl methyl sites for hydroxylation is 1. The van der Waals surface area contributed by atoms with Crippen molar-refractivity contribution in [3.8, 4) is 0 Å². The summed E-state index contributed by atoms with van der Waals surface area (Å²) in [5, 5.41) is 9.19. The average Bonchev–Trinajstić information content (AvgIpc) is 2.90. The highest BCUT2D eigenvalue weighted by atomic mass is 32.1. The Morgan fingerprint density at radius 3 is 2.74 bits per heavy atom. The van der Waals surface area contributed by atoms with Crippen molar-refractivity contribution >= 4 is 21.4 Å². The number of nitrogens with zero attached hydrogens (tertiary/aromatic N) is 4. The first-order valence-corrected chi connectivity index (χ1v) is 8.93. The van der Waals surface area contributed by atoms with Crippen LogP contribution < -0.4 is 5.32 Å². The van der Waals surface area contributed by atoms with Crippen LogP contribution in [0.15, 0.2) is 36.5 Å². The number of anilines is 1. The van der Waals surface area contributed by atoms with Gasteiger partial charge in [0.05, 0.1) is 11.9 Å². The second-order valence-electron chi connectivity index (χ2n) is 6.69. The first kappa shape index (κ1) is 13.5. The molecule has 1 saturated carbocycles. The maximum absolute atomic E-state index is 4.58. The van der Waals surface area contributed by atoms with Gasteiger partial charge in [-0.3, -0.25) is 4.90 Å². The third kappa shape index (κ3) is 2.42. The lowest BCUT2D eigenvalue weighted by molar-refractivity contribution is 0.293. The van der Waals surface area contributed by atoms with Crippen LogP contribution in [0.2, 0.25) is 0 Å². The third-order valence-electron chi connectivity index (χ3n) is 4.97. The van der Waals surface area contributed by atoms with Gasteiger partial charge >= 0.3 is 0 Å². The Morgan fingerprint density at radius 2 is 2.00 bits per heavy atom. The summed E-state index contributed by atoms with van der Waals surface area (Å²) >= 11 is 1.64. The van der Waals surface area contributed by atoms with E-state index in [4.69, 9.17) is 0 Å². The molecule has 1 aliphatic carbocycles. The Kier molecular flexibility index (Phi) is 2.96. The van der Waals surface area contributed by atoms with Crippen LogP contribution in [0.5, 0.6) is 0 Å². The van der Waals surface area contributed by atoms with E-state index in [9.17, 15) is 0 Å². The highest BCUT2D eigenvalue weighted by Crippen LogP contribution is 2.47. The van der Waals surface area contributed by atoms with Crippen molar-refractivity contribution in [2.75, 3.05) is 18.4 Å². The van der Waals surface area contributed by atoms with Gasteiger partial charge in [-0.05, 0) is 24.3 Å². The van der Waals surface area contributed by atoms with E-state index in [0.29, 0.717) is 6.04 Å². The average molecular weight is 325 g/mol. The molecule has 1 unspecified atom stereocenters. The fourth-order valence-electron chi connectivity index (χ4n) is 3.81. The van der Waals surface area contributed by atoms with Crippen LogP contribution in [0.4, 0.5) is 5.13 Å². The Hall–Kier alpha value is -1.92. The van der Waals surface area contributed by atoms with E-state index in [1.807, 2.05) is 17.6 Å². The summed E-state index contributed by atoms with van der Waals surface area (Å²) in [5.74, 6) is 1.55. The van der Waals surface area contributed by atoms with Crippen molar-refractivity contribution in [3.05, 3.63) is 47.8 Å². The number of fused-ring (bicyclic) bond motifs is 2. The van der Waals surface area contributed by atoms with Gasteiger partial charge in [-0.25, -0.2) is 9.50 Å². The van der Waals surface area contributed by atoms with Crippen LogP contribution in [-0.4, -0.2) is 38.6 Å². The highest BCUT2D eigenvalue weighted by molar-refractivity contribution is 7.20. The van der Waals surface area contributed by atoms with E-state index in [1.54, 1.807) is 11.3 Å². The van der Waals surface area contributed by atoms with Crippen LogP contribution in [0.3, 0.4) is 0 Å². The van der Waals surface area contributed by atoms with E-state index < -0.39 is 0 Å². The van der Waals surface area contributed by atoms with E-state index in [-0.39, 0.29) is 0 Å². The van der Waals surface area contributed by atoms with Crippen LogP contribution >= 0.6 is 11.3 Å². The summed E-state index contributed by atoms with van der Waals surface area (Å²) in [6, 6.07) is 11.4. The number of likely N-dealkylation sites (tertiary alicyclic amines) is 1. The van der Waals surface area contributed by atoms with Crippen LogP contribution in [0.1, 0.15) is 11.3 Å². The number of imidazole rings is 1. The molecule has 1 saturated heterocycles. The molecule has 0 spiro atoms. The second-order valence-corrected chi connectivity index (χ2v) is 7.65. The molecule has 0 amide bonds. The van der Waals surface area contributed by atoms with Crippen LogP contribution in [-0.2, 0) is 6.54 Å². The summed E-state index contributed by atoms with van der Waals surface area (Å²) in [6.07, 6.45) is 1.98. The van der Waals surface area contributed by atoms with Gasteiger partial charge in [0.1, 0.15) is 0 Å². The molecular weight excluding hydrogens is 306 g/mol. The fraction of sp³-hybridized carbons (Fsp3) is 0.412. The van der Waals surface area contributed by atoms with Crippen molar-refractivity contribution in [2.45, 2.75) is 19.5 Å². The van der Waals surface area contributed by atoms with Gasteiger partial charge in [0, 0.05) is 25.7 Å². The van der Waals surface area contributed by atoms with Crippen LogP contribution in [0, 0.1) is 18.8 Å². The number of nitrogens with one attached hydrogen (secondary N) is 1. The fourth-order valence-corrected chi connectivity index (χ4v) is 4.68. The molecule has 1 aromatic carbocycles. The van der Waals surface area contributed by atoms with Crippen molar-refractivity contribution in [3.63, 3.8) is 0 Å². The maximum Gasteiger partial charge on any atom is 0.214 e. The van der Waals surface area contributed by atoms with E-state index in [0.717, 1.165) is 34.2 Å². The molecule has 3 aromatic rings. The zero-order chi connectivity index (χ0) is 15.4. The van der Waals surface area contributed by atoms with E-state index >= 15 is 0 Å². The summed E-state index contributed by atoms with van der Waals surface area (Å²) in [7, 11) is 0. The first-order chi connectivity index (χ1) is 11.3. The predicted octanol–water partition coefficient (Wildman–Crippen LogP) is 2.64. The number of aromatic nitrogens is 3. The Labute approximate surface area is 139 Å². The van der Waals surface area contributed by atoms with Crippen LogP contribution in [0.25, 0.3) is 4.96 Å². The number of hydrogen-bond donors (Lipinski definition) is 1. The highest BCUT2D eigenvalue weighted by Gasteiger charge is 2.55. The molecule has 2 fully saturated rings. The summed E-state index contributed by atoms with van der Waals surface area (Å²) in [6.45, 7) is 5.46. The molecule has 6 heteroatoms. The second kappa shape index (κ2) is 5.04. The van der Waals surface area contributed by atoms with Gasteiger partial charge in [-0.2, -0.15) is 0 Å². The molecule has 1 aliphatic heterocycles. The van der Waals surface area contributed by atoms with Gasteiger partial charge in [-0.15, -0.1) is 5.10 Å². The molecule has 2 aliphatic rings. The van der Waals surface area contributed by atoms with E-state index in [2.05, 4.69) is 50.6 Å². The predicted molar refractivity (Wildman–Crippen MR) is 91.7 cm³/mol. The van der Waals surface area contributed by atoms with Gasteiger partial charge in [0.2, 0.25) is 10.1 Å². The Balaban J connectivity index is 1.19. The van der Waals surface area contributed by atoms with Crippen molar-refractivity contribution in [1.82, 2.24) is 19.5 Å². The third-order valence-corrected chi connectivity index (χ3v) is 5.83. The SMILES string of the molecule is Cc1cn2nc(NC3[C@H]4CN(Cc5ccccc5)C[C@@H]34)sc2n1. The molecule has 0 radical (unpaired) electrons. The Morgan fingerprint density at radius 1 is 1.22 bits per heavy atom. The molecule has 1 N–H and O–H groups in total. The zero-order valence-corrected chi connectivity index (χ0v) is 13.8. The lowest BCUT2D eigenvalue weighted by Crippen LogP contribution is -2.27. The standard InChI is InChI=1S/C17H19N5S/c1-11-7-22-17(18-11)23-16(20-22)19-15-13-9-21(10-14(13)15)8-12-5-3-2-4-6-12/h2-7,13-15H,8-10H2,1H3,(H,19,20)/t13-,14+,15?. The van der Waals surface area contributed by atoms with Crippen molar-refractivity contribution in [1.29, 1.82) is 0 Å². The summed E-state index contributed by atoms with van der Waals surface area (Å²) in [4.78, 5) is 8.01. The quantitative estimate of drug-likeness (QED) is 0.801. The Bertz CT molecular complexity index is 796. The van der Waals surface area contributed by atoms with Gasteiger partial charge in [0.15, 0.2) is 0 Å². The first-order valence-electron chi connectivity index (χ1n) is 8.12. The van der Waals surface area contributed by atoms with Crippen molar-refractivity contribution < 1.29 is 0 Å². The number of piperidine rings is 1. The summed E-state index contributed by atoms with van der Waals surface area (Å²) < 4.78 is 1.88. The number of rotatable bonds is 4. The minimum absolute atomic E-state index is 0.596. The zero-order valence-electron chi connectivity index (χ0n) is 13.0.